The number of carboxylic acid groups (broad SMARTS) is 1. The number of oxime groups is 1. The molecule has 0 bridgehead atoms. The number of aromatic nitrogens is 3. The molecular weight excluding hydrogens is 686 g/mol. The number of thiazole rings is 1. The number of nitrogen functional groups attached to an aromatic ring is 1. The monoisotopic (exact) mass is 723 g/mol. The lowest BCUT2D eigenvalue weighted by molar-refractivity contribution is -0.753. The van der Waals surface area contributed by atoms with Crippen molar-refractivity contribution in [3.8, 4) is 16.9 Å². The second kappa shape index (κ2) is 15.7. The molecule has 7 N–H and O–H groups in total. The summed E-state index contributed by atoms with van der Waals surface area (Å²) in [4.78, 5) is 46.9. The Labute approximate surface area is 285 Å². The summed E-state index contributed by atoms with van der Waals surface area (Å²) < 4.78 is 46.9. The number of carbonyl (C=O) groups is 3. The van der Waals surface area contributed by atoms with E-state index in [-0.39, 0.29) is 10.8 Å². The molecular formula is C28H37N9O10S2. The van der Waals surface area contributed by atoms with E-state index < -0.39 is 58.2 Å². The molecule has 0 aliphatic carbocycles. The maximum Gasteiger partial charge on any atom is 0.351 e. The Hall–Kier alpha value is -4.67. The average molecular weight is 724 g/mol. The zero-order chi connectivity index (χ0) is 35.9. The van der Waals surface area contributed by atoms with Crippen molar-refractivity contribution in [2.75, 3.05) is 32.0 Å². The zero-order valence-electron chi connectivity index (χ0n) is 26.8. The fraction of sp³-hybridized carbons (Fsp3) is 0.429. The third-order valence-corrected chi connectivity index (χ3v) is 8.32. The number of anilines is 1. The Balaban J connectivity index is 1.40. The molecule has 0 radical (unpaired) electrons. The van der Waals surface area contributed by atoms with E-state index in [1.807, 2.05) is 36.3 Å². The highest BCUT2D eigenvalue weighted by atomic mass is 32.3. The van der Waals surface area contributed by atoms with E-state index >= 15 is 0 Å². The molecule has 1 aliphatic rings. The first-order valence-electron chi connectivity index (χ1n) is 14.8. The van der Waals surface area contributed by atoms with Gasteiger partial charge in [0.2, 0.25) is 16.6 Å². The molecule has 1 fully saturated rings. The van der Waals surface area contributed by atoms with Crippen molar-refractivity contribution in [2.45, 2.75) is 44.5 Å². The fourth-order valence-electron chi connectivity index (χ4n) is 4.72. The molecule has 1 saturated heterocycles. The Kier molecular flexibility index (Phi) is 11.9. The maximum atomic E-state index is 13.2. The number of hydroxylamine groups is 2. The van der Waals surface area contributed by atoms with E-state index in [1.165, 1.54) is 19.2 Å². The van der Waals surface area contributed by atoms with Crippen LogP contribution in [0.3, 0.4) is 0 Å². The highest BCUT2D eigenvalue weighted by Crippen LogP contribution is 2.33. The molecule has 19 nitrogen and oxygen atoms in total. The second-order valence-corrected chi connectivity index (χ2v) is 13.2. The smallest absolute Gasteiger partial charge is 0.351 e. The molecule has 3 aromatic rings. The van der Waals surface area contributed by atoms with Crippen LogP contribution in [0.5, 0.6) is 5.75 Å². The molecule has 266 valence electrons. The van der Waals surface area contributed by atoms with Gasteiger partial charge in [-0.25, -0.2) is 18.2 Å². The third-order valence-electron chi connectivity index (χ3n) is 7.31. The first-order chi connectivity index (χ1) is 23.1. The Morgan fingerprint density at radius 2 is 1.96 bits per heavy atom. The lowest BCUT2D eigenvalue weighted by Crippen LogP contribution is -2.76. The topological polar surface area (TPSA) is 270 Å². The number of hydrogen-bond donors (Lipinski definition) is 5. The minimum atomic E-state index is -5.27. The minimum Gasteiger partial charge on any atom is -0.724 e. The number of β-lactam (4-membered cyclic amide) rings is 1. The van der Waals surface area contributed by atoms with Gasteiger partial charge < -0.3 is 41.3 Å². The number of aliphatic carboxylic acids is 1. The van der Waals surface area contributed by atoms with Crippen molar-refractivity contribution >= 4 is 50.4 Å². The van der Waals surface area contributed by atoms with Gasteiger partial charge in [-0.15, -0.1) is 16.0 Å². The molecule has 1 aromatic carbocycles. The number of nitrogens with two attached hydrogens (primary N) is 2. The summed E-state index contributed by atoms with van der Waals surface area (Å²) in [7, 11) is -3.32. The highest BCUT2D eigenvalue weighted by Gasteiger charge is 2.57. The van der Waals surface area contributed by atoms with Gasteiger partial charge in [-0.2, -0.15) is 14.0 Å². The number of carbonyl (C=O) groups excluding carboxylic acids is 2. The van der Waals surface area contributed by atoms with E-state index in [9.17, 15) is 32.5 Å². The third kappa shape index (κ3) is 9.49. The molecule has 3 heterocycles. The molecule has 2 atom stereocenters. The molecule has 2 amide bonds. The predicted molar refractivity (Wildman–Crippen MR) is 172 cm³/mol. The number of hydrogen-bond acceptors (Lipinski definition) is 15. The summed E-state index contributed by atoms with van der Waals surface area (Å²) in [6.45, 7) is 5.20. The number of benzene rings is 1. The molecule has 0 saturated carbocycles. The molecule has 0 spiro atoms. The van der Waals surface area contributed by atoms with E-state index in [1.54, 1.807) is 12.1 Å². The van der Waals surface area contributed by atoms with Crippen LogP contribution in [-0.2, 0) is 47.5 Å². The first-order valence-corrected chi connectivity index (χ1v) is 17.0. The number of carboxylic acids is 1. The summed E-state index contributed by atoms with van der Waals surface area (Å²) in [5.74, 6) is -3.17. The van der Waals surface area contributed by atoms with Crippen molar-refractivity contribution in [1.82, 2.24) is 25.4 Å². The van der Waals surface area contributed by atoms with Crippen molar-refractivity contribution in [3.63, 3.8) is 0 Å². The number of nitrogens with zero attached hydrogens (tertiary/aromatic N) is 5. The first kappa shape index (κ1) is 37.2. The van der Waals surface area contributed by atoms with E-state index in [0.29, 0.717) is 17.4 Å². The number of ether oxygens (including phenoxy) is 1. The van der Waals surface area contributed by atoms with Gasteiger partial charge in [0.1, 0.15) is 24.1 Å². The lowest BCUT2D eigenvalue weighted by atomic mass is 9.84. The molecule has 49 heavy (non-hydrogen) atoms. The van der Waals surface area contributed by atoms with Crippen LogP contribution < -0.4 is 31.5 Å². The predicted octanol–water partition coefficient (Wildman–Crippen LogP) is -1.29. The second-order valence-electron chi connectivity index (χ2n) is 11.3. The molecule has 21 heteroatoms. The van der Waals surface area contributed by atoms with Crippen LogP contribution in [0.25, 0.3) is 11.1 Å². The Morgan fingerprint density at radius 1 is 1.24 bits per heavy atom. The SMILES string of the molecule is C[n+]1cc(-c2ccc(OC[C@H](O/N=C(/C(=O)NC3C(=O)N(OS(=O)(=O)[O-])C3(C)C)c3csc(N)n3)C(=O)O)cc2)cn1CCCNCCN. The molecule has 1 aliphatic heterocycles. The van der Waals surface area contributed by atoms with E-state index in [0.717, 1.165) is 48.5 Å². The van der Waals surface area contributed by atoms with Crippen LogP contribution in [0.1, 0.15) is 26.0 Å². The van der Waals surface area contributed by atoms with Gasteiger partial charge in [0.05, 0.1) is 23.8 Å². The van der Waals surface area contributed by atoms with Crippen LogP contribution in [0.4, 0.5) is 5.13 Å². The summed E-state index contributed by atoms with van der Waals surface area (Å²) >= 11 is 0.955. The summed E-state index contributed by atoms with van der Waals surface area (Å²) in [5.41, 5.74) is 11.0. The minimum absolute atomic E-state index is 0.0540. The van der Waals surface area contributed by atoms with E-state index in [2.05, 4.69) is 29.7 Å². The van der Waals surface area contributed by atoms with Crippen LogP contribution in [0.2, 0.25) is 0 Å². The zero-order valence-corrected chi connectivity index (χ0v) is 28.4. The average Bonchev–Trinajstić information content (AvgIpc) is 3.64. The maximum absolute atomic E-state index is 13.2. The van der Waals surface area contributed by atoms with Crippen molar-refractivity contribution in [1.29, 1.82) is 0 Å². The van der Waals surface area contributed by atoms with Crippen LogP contribution in [0.15, 0.2) is 47.2 Å². The lowest BCUT2D eigenvalue weighted by Gasteiger charge is -2.51. The standard InChI is InChI=1S/C28H37N9O10S2/c1-28(2)23(25(39)37(28)47-49(42,43)44)33-24(38)22(20-16-48-27(30)32-20)34-46-21(26(40)41)15-45-19-7-5-17(6-8-19)18-13-35(3)36(14-18)12-4-10-31-11-9-29/h5-8,13-14,16,21,23,31H,4,9-12,15,29H2,1-3H3,(H4-,30,32,33,38,40,41,42,43,44)/b34-22+/t21-,23?/m0/s1. The van der Waals surface area contributed by atoms with Gasteiger partial charge in [-0.05, 0) is 44.5 Å². The van der Waals surface area contributed by atoms with Crippen molar-refractivity contribution < 1.29 is 51.0 Å². The molecule has 1 unspecified atom stereocenters. The number of amides is 2. The largest absolute Gasteiger partial charge is 0.724 e. The van der Waals surface area contributed by atoms with Gasteiger partial charge in [-0.3, -0.25) is 9.59 Å². The van der Waals surface area contributed by atoms with Gasteiger partial charge in [0.15, 0.2) is 17.9 Å². The number of aryl methyl sites for hydroxylation is 2. The molecule has 4 rings (SSSR count). The van der Waals surface area contributed by atoms with Gasteiger partial charge in [0.25, 0.3) is 17.9 Å². The van der Waals surface area contributed by atoms with Crippen LogP contribution in [0, 0.1) is 0 Å². The number of nitrogens with one attached hydrogen (secondary N) is 2. The number of rotatable bonds is 18. The summed E-state index contributed by atoms with van der Waals surface area (Å²) in [6, 6.07) is 5.64. The fourth-order valence-corrected chi connectivity index (χ4v) is 5.72. The van der Waals surface area contributed by atoms with Crippen molar-refractivity contribution in [2.24, 2.45) is 17.9 Å². The summed E-state index contributed by atoms with van der Waals surface area (Å²) in [5, 5.41) is 20.8. The summed E-state index contributed by atoms with van der Waals surface area (Å²) in [6.07, 6.45) is 3.26. The Bertz CT molecular complexity index is 1790. The molecule has 2 aromatic heterocycles. The van der Waals surface area contributed by atoms with E-state index in [4.69, 9.17) is 21.0 Å². The Morgan fingerprint density at radius 3 is 2.55 bits per heavy atom. The van der Waals surface area contributed by atoms with Gasteiger partial charge in [0, 0.05) is 18.5 Å². The highest BCUT2D eigenvalue weighted by molar-refractivity contribution is 7.80. The van der Waals surface area contributed by atoms with Gasteiger partial charge >= 0.3 is 5.97 Å². The van der Waals surface area contributed by atoms with Gasteiger partial charge in [-0.1, -0.05) is 17.3 Å². The van der Waals surface area contributed by atoms with Crippen LogP contribution >= 0.6 is 11.3 Å². The quantitative estimate of drug-likeness (QED) is 0.0194. The van der Waals surface area contributed by atoms with Crippen molar-refractivity contribution in [3.05, 3.63) is 47.7 Å². The normalized spacial score (nSPS) is 16.6. The van der Waals surface area contributed by atoms with Crippen LogP contribution in [-0.4, -0.2) is 100 Å².